The van der Waals surface area contributed by atoms with Crippen molar-refractivity contribution in [2.45, 2.75) is 40.0 Å². The molecule has 1 amide bonds. The van der Waals surface area contributed by atoms with Gasteiger partial charge in [0.15, 0.2) is 6.61 Å². The van der Waals surface area contributed by atoms with E-state index < -0.39 is 0 Å². The second-order valence-electron chi connectivity index (χ2n) is 5.46. The number of nitrogens with zero attached hydrogens (tertiary/aromatic N) is 1. The summed E-state index contributed by atoms with van der Waals surface area (Å²) >= 11 is 0. The summed E-state index contributed by atoms with van der Waals surface area (Å²) in [5.74, 6) is 0.968. The Morgan fingerprint density at radius 2 is 1.68 bits per heavy atom. The van der Waals surface area contributed by atoms with Crippen LogP contribution in [0.25, 0.3) is 0 Å². The minimum absolute atomic E-state index is 0.110. The number of amides is 1. The van der Waals surface area contributed by atoms with Gasteiger partial charge in [-0.05, 0) is 51.2 Å². The van der Waals surface area contributed by atoms with Crippen molar-refractivity contribution in [2.75, 3.05) is 19.7 Å². The van der Waals surface area contributed by atoms with E-state index in [0.29, 0.717) is 0 Å². The molecule has 0 N–H and O–H groups in total. The van der Waals surface area contributed by atoms with Gasteiger partial charge in [0.05, 0.1) is 0 Å². The minimum atomic E-state index is 0.110. The minimum Gasteiger partial charge on any atom is -0.483 e. The van der Waals surface area contributed by atoms with Crippen LogP contribution >= 0.6 is 0 Å². The summed E-state index contributed by atoms with van der Waals surface area (Å²) < 4.78 is 5.75. The normalized spacial score (nSPS) is 15.4. The number of piperidine rings is 1. The van der Waals surface area contributed by atoms with E-state index in [9.17, 15) is 4.79 Å². The summed E-state index contributed by atoms with van der Waals surface area (Å²) in [6, 6.07) is 4.18. The summed E-state index contributed by atoms with van der Waals surface area (Å²) in [6.45, 7) is 8.05. The van der Waals surface area contributed by atoms with E-state index in [2.05, 4.69) is 19.1 Å². The van der Waals surface area contributed by atoms with Crippen LogP contribution in [0.4, 0.5) is 0 Å². The molecule has 1 aromatic carbocycles. The maximum Gasteiger partial charge on any atom is 0.260 e. The molecule has 1 heterocycles. The first kappa shape index (κ1) is 13.9. The first-order valence-electron chi connectivity index (χ1n) is 7.06. The van der Waals surface area contributed by atoms with E-state index in [1.165, 1.54) is 12.0 Å². The number of ether oxygens (including phenoxy) is 1. The zero-order valence-electron chi connectivity index (χ0n) is 12.2. The second-order valence-corrected chi connectivity index (χ2v) is 5.46. The van der Waals surface area contributed by atoms with Crippen LogP contribution in [0.1, 0.15) is 36.0 Å². The fourth-order valence-corrected chi connectivity index (χ4v) is 2.76. The highest BCUT2D eigenvalue weighted by molar-refractivity contribution is 5.78. The number of likely N-dealkylation sites (tertiary alicyclic amines) is 1. The van der Waals surface area contributed by atoms with E-state index in [1.807, 2.05) is 18.7 Å². The lowest BCUT2D eigenvalue weighted by atomic mass is 10.1. The monoisotopic (exact) mass is 261 g/mol. The third-order valence-corrected chi connectivity index (χ3v) is 3.65. The molecule has 19 heavy (non-hydrogen) atoms. The van der Waals surface area contributed by atoms with Gasteiger partial charge in [-0.2, -0.15) is 0 Å². The largest absolute Gasteiger partial charge is 0.483 e. The molecule has 0 aliphatic carbocycles. The smallest absolute Gasteiger partial charge is 0.260 e. The zero-order valence-corrected chi connectivity index (χ0v) is 12.2. The highest BCUT2D eigenvalue weighted by Crippen LogP contribution is 2.24. The molecule has 0 radical (unpaired) electrons. The van der Waals surface area contributed by atoms with Crippen molar-refractivity contribution >= 4 is 5.91 Å². The van der Waals surface area contributed by atoms with Gasteiger partial charge in [-0.1, -0.05) is 17.7 Å². The van der Waals surface area contributed by atoms with E-state index in [4.69, 9.17) is 4.74 Å². The fourth-order valence-electron chi connectivity index (χ4n) is 2.76. The molecule has 1 aliphatic heterocycles. The van der Waals surface area contributed by atoms with Crippen molar-refractivity contribution < 1.29 is 9.53 Å². The highest BCUT2D eigenvalue weighted by Gasteiger charge is 2.17. The lowest BCUT2D eigenvalue weighted by molar-refractivity contribution is -0.134. The average Bonchev–Trinajstić information content (AvgIpc) is 2.38. The Kier molecular flexibility index (Phi) is 4.46. The van der Waals surface area contributed by atoms with Crippen molar-refractivity contribution in [1.29, 1.82) is 0 Å². The summed E-state index contributed by atoms with van der Waals surface area (Å²) in [5.41, 5.74) is 3.43. The Balaban J connectivity index is 1.96. The Morgan fingerprint density at radius 3 is 2.26 bits per heavy atom. The first-order chi connectivity index (χ1) is 9.08. The second kappa shape index (κ2) is 6.09. The van der Waals surface area contributed by atoms with Crippen molar-refractivity contribution in [2.24, 2.45) is 0 Å². The first-order valence-corrected chi connectivity index (χ1v) is 7.06. The number of benzene rings is 1. The molecule has 1 aliphatic rings. The van der Waals surface area contributed by atoms with Crippen LogP contribution in [0.2, 0.25) is 0 Å². The molecule has 0 saturated carbocycles. The van der Waals surface area contributed by atoms with Crippen LogP contribution < -0.4 is 4.74 Å². The van der Waals surface area contributed by atoms with Gasteiger partial charge >= 0.3 is 0 Å². The van der Waals surface area contributed by atoms with Crippen molar-refractivity contribution in [1.82, 2.24) is 4.90 Å². The third kappa shape index (κ3) is 3.49. The fraction of sp³-hybridized carbons (Fsp3) is 0.562. The van der Waals surface area contributed by atoms with Crippen molar-refractivity contribution in [3.63, 3.8) is 0 Å². The van der Waals surface area contributed by atoms with Gasteiger partial charge < -0.3 is 9.64 Å². The number of hydrogen-bond donors (Lipinski definition) is 0. The van der Waals surface area contributed by atoms with Gasteiger partial charge in [-0.25, -0.2) is 0 Å². The highest BCUT2D eigenvalue weighted by atomic mass is 16.5. The molecule has 1 fully saturated rings. The van der Waals surface area contributed by atoms with Crippen LogP contribution in [-0.2, 0) is 4.79 Å². The quantitative estimate of drug-likeness (QED) is 0.837. The van der Waals surface area contributed by atoms with Gasteiger partial charge in [0, 0.05) is 13.1 Å². The van der Waals surface area contributed by atoms with Crippen LogP contribution in [0, 0.1) is 20.8 Å². The molecule has 0 unspecified atom stereocenters. The summed E-state index contributed by atoms with van der Waals surface area (Å²) in [5, 5.41) is 0. The van der Waals surface area contributed by atoms with E-state index in [1.54, 1.807) is 0 Å². The Bertz CT molecular complexity index is 439. The van der Waals surface area contributed by atoms with Gasteiger partial charge in [0.2, 0.25) is 0 Å². The van der Waals surface area contributed by atoms with Crippen LogP contribution in [0.3, 0.4) is 0 Å². The molecule has 1 saturated heterocycles. The Labute approximate surface area is 115 Å². The maximum absolute atomic E-state index is 12.1. The Morgan fingerprint density at radius 1 is 1.11 bits per heavy atom. The number of hydrogen-bond acceptors (Lipinski definition) is 2. The van der Waals surface area contributed by atoms with Gasteiger partial charge in [-0.3, -0.25) is 4.79 Å². The average molecular weight is 261 g/mol. The van der Waals surface area contributed by atoms with Gasteiger partial charge in [-0.15, -0.1) is 0 Å². The third-order valence-electron chi connectivity index (χ3n) is 3.65. The number of rotatable bonds is 3. The van der Waals surface area contributed by atoms with Gasteiger partial charge in [0.25, 0.3) is 5.91 Å². The van der Waals surface area contributed by atoms with Crippen LogP contribution in [0.15, 0.2) is 12.1 Å². The SMILES string of the molecule is Cc1cc(C)c(OCC(=O)N2CCCCC2)c(C)c1. The molecule has 0 bridgehead atoms. The summed E-state index contributed by atoms with van der Waals surface area (Å²) in [4.78, 5) is 14.0. The standard InChI is InChI=1S/C16H23NO2/c1-12-9-13(2)16(14(3)10-12)19-11-15(18)17-7-5-4-6-8-17/h9-10H,4-8,11H2,1-3H3. The van der Waals surface area contributed by atoms with Crippen molar-refractivity contribution in [3.05, 3.63) is 28.8 Å². The number of carbonyl (C=O) groups is 1. The number of carbonyl (C=O) groups excluding carboxylic acids is 1. The maximum atomic E-state index is 12.1. The molecule has 3 heteroatoms. The molecule has 1 aromatic rings. The molecule has 2 rings (SSSR count). The van der Waals surface area contributed by atoms with Crippen LogP contribution in [-0.4, -0.2) is 30.5 Å². The van der Waals surface area contributed by atoms with Gasteiger partial charge in [0.1, 0.15) is 5.75 Å². The molecule has 0 aromatic heterocycles. The molecule has 0 atom stereocenters. The lowest BCUT2D eigenvalue weighted by Gasteiger charge is -2.26. The molecular formula is C16H23NO2. The molecular weight excluding hydrogens is 238 g/mol. The lowest BCUT2D eigenvalue weighted by Crippen LogP contribution is -2.38. The molecule has 3 nitrogen and oxygen atoms in total. The van der Waals surface area contributed by atoms with E-state index in [0.717, 1.165) is 42.8 Å². The Hall–Kier alpha value is -1.51. The summed E-state index contributed by atoms with van der Waals surface area (Å²) in [7, 11) is 0. The molecule has 0 spiro atoms. The topological polar surface area (TPSA) is 29.5 Å². The van der Waals surface area contributed by atoms with E-state index in [-0.39, 0.29) is 12.5 Å². The zero-order chi connectivity index (χ0) is 13.8. The van der Waals surface area contributed by atoms with Crippen LogP contribution in [0.5, 0.6) is 5.75 Å². The van der Waals surface area contributed by atoms with Crippen molar-refractivity contribution in [3.8, 4) is 5.75 Å². The predicted molar refractivity (Wildman–Crippen MR) is 76.6 cm³/mol. The number of aryl methyl sites for hydroxylation is 3. The predicted octanol–water partition coefficient (Wildman–Crippen LogP) is 3.00. The molecule has 104 valence electrons. The van der Waals surface area contributed by atoms with E-state index >= 15 is 0 Å². The summed E-state index contributed by atoms with van der Waals surface area (Å²) in [6.07, 6.45) is 3.48.